The molecule has 0 saturated heterocycles. The first-order valence-corrected chi connectivity index (χ1v) is 5.74. The van der Waals surface area contributed by atoms with Crippen molar-refractivity contribution >= 4 is 0 Å². The first-order chi connectivity index (χ1) is 6.90. The van der Waals surface area contributed by atoms with E-state index in [0.717, 1.165) is 24.2 Å². The first-order valence-electron chi connectivity index (χ1n) is 5.74. The molecule has 0 aromatic heterocycles. The molecule has 0 unspecified atom stereocenters. The number of rotatable bonds is 3. The second-order valence-corrected chi connectivity index (χ2v) is 4.68. The van der Waals surface area contributed by atoms with E-state index in [1.807, 2.05) is 0 Å². The lowest BCUT2D eigenvalue weighted by atomic mass is 9.82. The zero-order valence-corrected chi connectivity index (χ0v) is 9.53. The third-order valence-electron chi connectivity index (χ3n) is 3.34. The summed E-state index contributed by atoms with van der Waals surface area (Å²) in [5.41, 5.74) is -0.660. The van der Waals surface area contributed by atoms with Crippen LogP contribution in [-0.4, -0.2) is 23.3 Å². The van der Waals surface area contributed by atoms with Gasteiger partial charge in [0.1, 0.15) is 0 Å². The molecule has 0 bridgehead atoms. The Bertz CT molecular complexity index is 194. The topological polar surface area (TPSA) is 3.24 Å². The Kier molecular flexibility index (Phi) is 4.04. The van der Waals surface area contributed by atoms with Gasteiger partial charge in [0.25, 0.3) is 0 Å². The molecule has 0 N–H and O–H groups in total. The summed E-state index contributed by atoms with van der Waals surface area (Å²) in [4.78, 5) is 0.749. The fourth-order valence-electron chi connectivity index (χ4n) is 2.51. The molecule has 4 heteroatoms. The fraction of sp³-hybridized carbons (Fsp3) is 1.00. The molecule has 0 radical (unpaired) electrons. The Labute approximate surface area is 89.6 Å². The molecule has 1 rings (SSSR count). The Morgan fingerprint density at radius 2 is 1.67 bits per heavy atom. The van der Waals surface area contributed by atoms with Crippen LogP contribution in [0, 0.1) is 0 Å². The Hall–Kier alpha value is -0.250. The highest BCUT2D eigenvalue weighted by Crippen LogP contribution is 2.39. The van der Waals surface area contributed by atoms with Crippen LogP contribution in [0.15, 0.2) is 0 Å². The maximum absolute atomic E-state index is 12.9. The molecule has 0 aromatic carbocycles. The van der Waals surface area contributed by atoms with Crippen molar-refractivity contribution in [3.8, 4) is 0 Å². The van der Waals surface area contributed by atoms with Gasteiger partial charge in [0.2, 0.25) is 0 Å². The summed E-state index contributed by atoms with van der Waals surface area (Å²) in [7, 11) is 0. The minimum atomic E-state index is -4.18. The van der Waals surface area contributed by atoms with E-state index in [0.29, 0.717) is 19.3 Å². The summed E-state index contributed by atoms with van der Waals surface area (Å²) in [5, 5.41) is 0. The monoisotopic (exact) mass is 223 g/mol. The number of nitrogens with zero attached hydrogens (tertiary/aromatic N) is 1. The molecule has 1 saturated carbocycles. The molecular formula is C11H20F3N. The van der Waals surface area contributed by atoms with Gasteiger partial charge in [-0.2, -0.15) is 13.2 Å². The van der Waals surface area contributed by atoms with Gasteiger partial charge in [0.05, 0.1) is 0 Å². The van der Waals surface area contributed by atoms with Crippen molar-refractivity contribution in [2.75, 3.05) is 6.54 Å². The third-order valence-corrected chi connectivity index (χ3v) is 3.34. The van der Waals surface area contributed by atoms with Crippen LogP contribution in [0.2, 0.25) is 0 Å². The Morgan fingerprint density at radius 3 is 2.07 bits per heavy atom. The maximum atomic E-state index is 12.9. The molecule has 0 aliphatic heterocycles. The number of alkyl halides is 3. The molecule has 1 aliphatic carbocycles. The minimum absolute atomic E-state index is 0.125. The van der Waals surface area contributed by atoms with Gasteiger partial charge in [-0.15, -0.1) is 0 Å². The Morgan fingerprint density at radius 1 is 1.13 bits per heavy atom. The van der Waals surface area contributed by atoms with Gasteiger partial charge in [0.15, 0.2) is 0 Å². The molecular weight excluding hydrogens is 203 g/mol. The summed E-state index contributed by atoms with van der Waals surface area (Å²) in [6, 6.07) is 0. The zero-order chi connectivity index (χ0) is 11.5. The fourth-order valence-corrected chi connectivity index (χ4v) is 2.51. The van der Waals surface area contributed by atoms with Crippen LogP contribution in [0.4, 0.5) is 13.2 Å². The molecule has 0 heterocycles. The Balaban J connectivity index is 2.77. The van der Waals surface area contributed by atoms with Crippen LogP contribution in [0.25, 0.3) is 0 Å². The maximum Gasteiger partial charge on any atom is 0.460 e. The molecule has 0 aromatic rings. The van der Waals surface area contributed by atoms with Crippen LogP contribution < -0.4 is 0 Å². The number of hydrogen-bond acceptors (Lipinski definition) is 1. The van der Waals surface area contributed by atoms with E-state index in [1.54, 1.807) is 13.8 Å². The second kappa shape index (κ2) is 4.73. The van der Waals surface area contributed by atoms with Crippen molar-refractivity contribution in [2.45, 2.75) is 64.2 Å². The lowest BCUT2D eigenvalue weighted by Crippen LogP contribution is -2.54. The molecule has 1 nitrogen and oxygen atoms in total. The van der Waals surface area contributed by atoms with Crippen molar-refractivity contribution in [1.82, 2.24) is 4.90 Å². The van der Waals surface area contributed by atoms with Crippen LogP contribution in [-0.2, 0) is 0 Å². The van der Waals surface area contributed by atoms with E-state index < -0.39 is 11.8 Å². The molecule has 0 spiro atoms. The highest BCUT2D eigenvalue weighted by molar-refractivity contribution is 4.90. The summed E-state index contributed by atoms with van der Waals surface area (Å²) >= 11 is 0. The lowest BCUT2D eigenvalue weighted by Gasteiger charge is -2.44. The van der Waals surface area contributed by atoms with Gasteiger partial charge in [0, 0.05) is 12.1 Å². The van der Waals surface area contributed by atoms with E-state index in [-0.39, 0.29) is 6.54 Å². The highest BCUT2D eigenvalue weighted by atomic mass is 19.4. The van der Waals surface area contributed by atoms with Crippen molar-refractivity contribution < 1.29 is 13.2 Å². The van der Waals surface area contributed by atoms with Gasteiger partial charge in [-0.25, -0.2) is 4.90 Å². The third kappa shape index (κ3) is 3.10. The zero-order valence-electron chi connectivity index (χ0n) is 9.53. The molecule has 0 atom stereocenters. The van der Waals surface area contributed by atoms with E-state index in [4.69, 9.17) is 0 Å². The number of hydrogen-bond donors (Lipinski definition) is 0. The minimum Gasteiger partial charge on any atom is -0.209 e. The van der Waals surface area contributed by atoms with Crippen molar-refractivity contribution in [1.29, 1.82) is 0 Å². The molecule has 15 heavy (non-hydrogen) atoms. The van der Waals surface area contributed by atoms with Crippen molar-refractivity contribution in [3.05, 3.63) is 0 Å². The largest absolute Gasteiger partial charge is 0.460 e. The normalized spacial score (nSPS) is 22.0. The van der Waals surface area contributed by atoms with Crippen molar-refractivity contribution in [2.24, 2.45) is 0 Å². The van der Waals surface area contributed by atoms with Crippen LogP contribution >= 0.6 is 0 Å². The molecule has 1 fully saturated rings. The van der Waals surface area contributed by atoms with E-state index in [2.05, 4.69) is 0 Å². The van der Waals surface area contributed by atoms with Gasteiger partial charge in [-0.05, 0) is 26.2 Å². The average molecular weight is 223 g/mol. The average Bonchev–Trinajstić information content (AvgIpc) is 2.13. The predicted molar refractivity (Wildman–Crippen MR) is 54.5 cm³/mol. The van der Waals surface area contributed by atoms with Crippen molar-refractivity contribution in [3.63, 3.8) is 0 Å². The summed E-state index contributed by atoms with van der Waals surface area (Å²) < 4.78 is 38.6. The van der Waals surface area contributed by atoms with Gasteiger partial charge in [-0.1, -0.05) is 26.2 Å². The summed E-state index contributed by atoms with van der Waals surface area (Å²) in [6.45, 7) is 3.68. The summed E-state index contributed by atoms with van der Waals surface area (Å²) in [6.07, 6.45) is 0.642. The first kappa shape index (κ1) is 12.8. The molecule has 1 aliphatic rings. The van der Waals surface area contributed by atoms with Crippen LogP contribution in [0.3, 0.4) is 0 Å². The van der Waals surface area contributed by atoms with Crippen LogP contribution in [0.5, 0.6) is 0 Å². The number of halogens is 3. The van der Waals surface area contributed by atoms with Gasteiger partial charge >= 0.3 is 6.30 Å². The van der Waals surface area contributed by atoms with Gasteiger partial charge in [-0.3, -0.25) is 0 Å². The van der Waals surface area contributed by atoms with E-state index in [9.17, 15) is 13.2 Å². The summed E-state index contributed by atoms with van der Waals surface area (Å²) in [5.74, 6) is 0. The lowest BCUT2D eigenvalue weighted by molar-refractivity contribution is -0.278. The SMILES string of the molecule is CCCN(C(F)(F)F)C1(C)CCCCC1. The van der Waals surface area contributed by atoms with Crippen LogP contribution in [0.1, 0.15) is 52.4 Å². The predicted octanol–water partition coefficient (Wildman–Crippen LogP) is 3.94. The highest BCUT2D eigenvalue weighted by Gasteiger charge is 2.47. The standard InChI is InChI=1S/C11H20F3N/c1-3-9-15(11(12,13)14)10(2)7-5-4-6-8-10/h3-9H2,1-2H3. The van der Waals surface area contributed by atoms with E-state index >= 15 is 0 Å². The second-order valence-electron chi connectivity index (χ2n) is 4.68. The smallest absolute Gasteiger partial charge is 0.209 e. The van der Waals surface area contributed by atoms with Gasteiger partial charge < -0.3 is 0 Å². The quantitative estimate of drug-likeness (QED) is 0.655. The molecule has 90 valence electrons. The van der Waals surface area contributed by atoms with E-state index in [1.165, 1.54) is 0 Å². The molecule has 0 amide bonds.